The van der Waals surface area contributed by atoms with E-state index >= 15 is 0 Å². The molecule has 2 N–H and O–H groups in total. The third kappa shape index (κ3) is 4.18. The molecule has 134 valence electrons. The van der Waals surface area contributed by atoms with E-state index in [1.54, 1.807) is 13.2 Å². The number of fused-ring (bicyclic) bond motifs is 1. The molecule has 6 nitrogen and oxygen atoms in total. The second-order valence-electron chi connectivity index (χ2n) is 5.91. The van der Waals surface area contributed by atoms with Crippen LogP contribution in [0.2, 0.25) is 0 Å². The van der Waals surface area contributed by atoms with Gasteiger partial charge in [-0.05, 0) is 42.3 Å². The Labute approximate surface area is 155 Å². The van der Waals surface area contributed by atoms with Crippen LogP contribution in [0.25, 0.3) is 10.2 Å². The second kappa shape index (κ2) is 7.53. The van der Waals surface area contributed by atoms with Crippen molar-refractivity contribution >= 4 is 44.2 Å². The van der Waals surface area contributed by atoms with E-state index in [4.69, 9.17) is 4.74 Å². The number of anilines is 2. The lowest BCUT2D eigenvalue weighted by Crippen LogP contribution is -2.14. The van der Waals surface area contributed by atoms with Gasteiger partial charge in [0.15, 0.2) is 5.13 Å². The van der Waals surface area contributed by atoms with Crippen LogP contribution in [0.15, 0.2) is 36.4 Å². The first kappa shape index (κ1) is 17.9. The van der Waals surface area contributed by atoms with Crippen molar-refractivity contribution in [1.29, 1.82) is 0 Å². The molecule has 2 amide bonds. The van der Waals surface area contributed by atoms with Crippen LogP contribution in [0.3, 0.4) is 0 Å². The molecule has 3 rings (SSSR count). The lowest BCUT2D eigenvalue weighted by molar-refractivity contribution is -0.116. The molecular weight excluding hydrogens is 350 g/mol. The smallest absolute Gasteiger partial charge is 0.230 e. The summed E-state index contributed by atoms with van der Waals surface area (Å²) in [5.74, 6) is 0.545. The van der Waals surface area contributed by atoms with Gasteiger partial charge in [0.05, 0.1) is 23.7 Å². The van der Waals surface area contributed by atoms with Crippen molar-refractivity contribution in [3.8, 4) is 5.75 Å². The number of benzene rings is 2. The maximum Gasteiger partial charge on any atom is 0.230 e. The molecule has 0 saturated heterocycles. The van der Waals surface area contributed by atoms with Crippen LogP contribution in [0.4, 0.5) is 10.8 Å². The van der Waals surface area contributed by atoms with Crippen LogP contribution in [-0.4, -0.2) is 23.9 Å². The number of nitrogens with zero attached hydrogens (tertiary/aromatic N) is 1. The molecule has 0 aliphatic heterocycles. The van der Waals surface area contributed by atoms with Crippen LogP contribution in [0.1, 0.15) is 18.1 Å². The number of amides is 2. The number of aryl methyl sites for hydroxylation is 1. The van der Waals surface area contributed by atoms with Gasteiger partial charge in [-0.25, -0.2) is 4.98 Å². The summed E-state index contributed by atoms with van der Waals surface area (Å²) in [5.41, 5.74) is 3.39. The minimum Gasteiger partial charge on any atom is -0.496 e. The number of ether oxygens (including phenoxy) is 1. The van der Waals surface area contributed by atoms with Crippen molar-refractivity contribution in [2.75, 3.05) is 17.7 Å². The molecule has 0 aliphatic rings. The molecule has 0 radical (unpaired) electrons. The van der Waals surface area contributed by atoms with Gasteiger partial charge in [0, 0.05) is 12.6 Å². The topological polar surface area (TPSA) is 80.3 Å². The van der Waals surface area contributed by atoms with E-state index in [-0.39, 0.29) is 18.2 Å². The fourth-order valence-corrected chi connectivity index (χ4v) is 3.58. The Kier molecular flexibility index (Phi) is 5.18. The molecule has 0 saturated carbocycles. The van der Waals surface area contributed by atoms with E-state index in [9.17, 15) is 9.59 Å². The van der Waals surface area contributed by atoms with Gasteiger partial charge in [-0.2, -0.15) is 0 Å². The van der Waals surface area contributed by atoms with Crippen molar-refractivity contribution in [1.82, 2.24) is 4.98 Å². The summed E-state index contributed by atoms with van der Waals surface area (Å²) in [6.07, 6.45) is 0.262. The van der Waals surface area contributed by atoms with Crippen LogP contribution >= 0.6 is 11.3 Å². The zero-order valence-corrected chi connectivity index (χ0v) is 15.6. The Morgan fingerprint density at radius 1 is 1.15 bits per heavy atom. The summed E-state index contributed by atoms with van der Waals surface area (Å²) in [6, 6.07) is 11.1. The molecule has 1 aromatic heterocycles. The first-order valence-corrected chi connectivity index (χ1v) is 8.88. The first-order chi connectivity index (χ1) is 12.4. The van der Waals surface area contributed by atoms with Gasteiger partial charge < -0.3 is 15.4 Å². The zero-order valence-electron chi connectivity index (χ0n) is 14.8. The summed E-state index contributed by atoms with van der Waals surface area (Å²) in [4.78, 5) is 27.9. The lowest BCUT2D eigenvalue weighted by atomic mass is 10.1. The first-order valence-electron chi connectivity index (χ1n) is 8.06. The van der Waals surface area contributed by atoms with Gasteiger partial charge in [-0.3, -0.25) is 9.59 Å². The lowest BCUT2D eigenvalue weighted by Gasteiger charge is -2.07. The number of carbonyl (C=O) groups is 2. The molecule has 0 fully saturated rings. The third-order valence-corrected chi connectivity index (χ3v) is 4.71. The highest BCUT2D eigenvalue weighted by atomic mass is 32.1. The molecular formula is C19H19N3O3S. The molecule has 1 heterocycles. The summed E-state index contributed by atoms with van der Waals surface area (Å²) in [5, 5.41) is 6.11. The van der Waals surface area contributed by atoms with E-state index in [0.717, 1.165) is 27.1 Å². The monoisotopic (exact) mass is 369 g/mol. The van der Waals surface area contributed by atoms with E-state index in [0.29, 0.717) is 10.8 Å². The number of thiazole rings is 1. The molecule has 0 atom stereocenters. The largest absolute Gasteiger partial charge is 0.496 e. The maximum atomic E-state index is 12.3. The Bertz CT molecular complexity index is 981. The summed E-state index contributed by atoms with van der Waals surface area (Å²) in [6.45, 7) is 3.41. The minimum atomic E-state index is -0.129. The maximum absolute atomic E-state index is 12.3. The highest BCUT2D eigenvalue weighted by molar-refractivity contribution is 7.22. The Hall–Kier alpha value is -2.93. The minimum absolute atomic E-state index is 0.128. The van der Waals surface area contributed by atoms with E-state index < -0.39 is 0 Å². The molecule has 0 unspecified atom stereocenters. The highest BCUT2D eigenvalue weighted by Gasteiger charge is 2.10. The number of methoxy groups -OCH3 is 1. The number of nitrogens with one attached hydrogen (secondary N) is 2. The van der Waals surface area contributed by atoms with Gasteiger partial charge in [-0.15, -0.1) is 0 Å². The molecule has 0 spiro atoms. The average molecular weight is 369 g/mol. The average Bonchev–Trinajstić information content (AvgIpc) is 2.95. The van der Waals surface area contributed by atoms with Crippen molar-refractivity contribution in [3.63, 3.8) is 0 Å². The van der Waals surface area contributed by atoms with Crippen LogP contribution in [0.5, 0.6) is 5.75 Å². The van der Waals surface area contributed by atoms with Crippen molar-refractivity contribution in [2.45, 2.75) is 20.3 Å². The molecule has 0 aliphatic carbocycles. The number of carbonyl (C=O) groups excluding carboxylic acids is 2. The van der Waals surface area contributed by atoms with Crippen molar-refractivity contribution in [2.24, 2.45) is 0 Å². The second-order valence-corrected chi connectivity index (χ2v) is 6.94. The fourth-order valence-electron chi connectivity index (χ4n) is 2.66. The summed E-state index contributed by atoms with van der Waals surface area (Å²) in [7, 11) is 1.62. The number of aromatic nitrogens is 1. The normalized spacial score (nSPS) is 10.6. The molecule has 3 aromatic rings. The zero-order chi connectivity index (χ0) is 18.7. The van der Waals surface area contributed by atoms with Gasteiger partial charge in [0.25, 0.3) is 0 Å². The van der Waals surface area contributed by atoms with Crippen molar-refractivity contribution in [3.05, 3.63) is 47.5 Å². The number of hydrogen-bond donors (Lipinski definition) is 2. The SMILES string of the molecule is COc1ccc(CC(=O)Nc2nc3ccc(NC(C)=O)cc3s2)cc1C. The Balaban J connectivity index is 1.70. The summed E-state index contributed by atoms with van der Waals surface area (Å²) < 4.78 is 6.13. The van der Waals surface area contributed by atoms with E-state index in [1.165, 1.54) is 18.3 Å². The molecule has 2 aromatic carbocycles. The van der Waals surface area contributed by atoms with Crippen LogP contribution in [-0.2, 0) is 16.0 Å². The quantitative estimate of drug-likeness (QED) is 0.718. The van der Waals surface area contributed by atoms with Crippen LogP contribution in [0, 0.1) is 6.92 Å². The number of hydrogen-bond acceptors (Lipinski definition) is 5. The highest BCUT2D eigenvalue weighted by Crippen LogP contribution is 2.28. The third-order valence-electron chi connectivity index (χ3n) is 3.78. The standard InChI is InChI=1S/C19H19N3O3S/c1-11-8-13(4-7-16(11)25-3)9-18(24)22-19-21-15-6-5-14(20-12(2)23)10-17(15)26-19/h4-8,10H,9H2,1-3H3,(H,20,23)(H,21,22,24). The fraction of sp³-hybridized carbons (Fsp3) is 0.211. The molecule has 0 bridgehead atoms. The Morgan fingerprint density at radius 3 is 2.65 bits per heavy atom. The van der Waals surface area contributed by atoms with E-state index in [1.807, 2.05) is 37.3 Å². The Morgan fingerprint density at radius 2 is 1.96 bits per heavy atom. The van der Waals surface area contributed by atoms with Gasteiger partial charge in [-0.1, -0.05) is 23.5 Å². The van der Waals surface area contributed by atoms with Crippen LogP contribution < -0.4 is 15.4 Å². The molecule has 7 heteroatoms. The predicted molar refractivity (Wildman–Crippen MR) is 104 cm³/mol. The summed E-state index contributed by atoms with van der Waals surface area (Å²) >= 11 is 1.37. The van der Waals surface area contributed by atoms with Gasteiger partial charge >= 0.3 is 0 Å². The van der Waals surface area contributed by atoms with Gasteiger partial charge in [0.1, 0.15) is 5.75 Å². The van der Waals surface area contributed by atoms with E-state index in [2.05, 4.69) is 15.6 Å². The van der Waals surface area contributed by atoms with Crippen molar-refractivity contribution < 1.29 is 14.3 Å². The molecule has 26 heavy (non-hydrogen) atoms. The predicted octanol–water partition coefficient (Wildman–Crippen LogP) is 3.75. The van der Waals surface area contributed by atoms with Gasteiger partial charge in [0.2, 0.25) is 11.8 Å². The number of rotatable bonds is 5.